The molecule has 0 aromatic heterocycles. The summed E-state index contributed by atoms with van der Waals surface area (Å²) in [5, 5.41) is 9.29. The first kappa shape index (κ1) is 18.3. The van der Waals surface area contributed by atoms with Crippen LogP contribution in [0.4, 0.5) is 0 Å². The van der Waals surface area contributed by atoms with Crippen molar-refractivity contribution in [1.82, 2.24) is 0 Å². The van der Waals surface area contributed by atoms with Crippen LogP contribution in [0.5, 0.6) is 0 Å². The second-order valence-electron chi connectivity index (χ2n) is 7.18. The third-order valence-corrected chi connectivity index (χ3v) is 9.06. The van der Waals surface area contributed by atoms with Gasteiger partial charge in [0.25, 0.3) is 0 Å². The monoisotopic (exact) mass is 265 g/mol. The van der Waals surface area contributed by atoms with E-state index in [9.17, 15) is 0 Å². The van der Waals surface area contributed by atoms with Gasteiger partial charge in [-0.15, -0.1) is 0 Å². The molecule has 1 nitrogen and oxygen atoms in total. The van der Waals surface area contributed by atoms with Crippen LogP contribution in [0.15, 0.2) is 0 Å². The Hall–Kier alpha value is 0.944. The molecule has 0 spiro atoms. The Morgan fingerprint density at radius 3 is 0.733 bits per heavy atom. The van der Waals surface area contributed by atoms with Gasteiger partial charge in [-0.25, -0.2) is 0 Å². The van der Waals surface area contributed by atoms with E-state index in [1.54, 1.807) is 0 Å². The van der Waals surface area contributed by atoms with Crippen molar-refractivity contribution in [2.75, 3.05) is 0 Å². The number of hydrogen-bond donors (Lipinski definition) is 1. The van der Waals surface area contributed by atoms with Crippen LogP contribution in [-0.2, 0) is 21.7 Å². The van der Waals surface area contributed by atoms with E-state index in [4.69, 9.17) is 5.16 Å². The van der Waals surface area contributed by atoms with E-state index in [-0.39, 0.29) is 37.2 Å². The standard InChI is InChI=1S/C12H28NP.Ti/c1-10(2,3)14(13,11(4,5)6)12(7,8)9;/h13H,1-9H3;. The molecule has 0 heterocycles. The largest absolute Gasteiger partial charge is 0.317 e. The van der Waals surface area contributed by atoms with Gasteiger partial charge >= 0.3 is 0 Å². The molecule has 0 aliphatic heterocycles. The van der Waals surface area contributed by atoms with Crippen molar-refractivity contribution in [1.29, 1.82) is 5.16 Å². The molecular formula is C12H28NPTi. The van der Waals surface area contributed by atoms with Crippen molar-refractivity contribution in [3.8, 4) is 0 Å². The first-order valence-corrected chi connectivity index (χ1v) is 7.18. The summed E-state index contributed by atoms with van der Waals surface area (Å²) in [6.07, 6.45) is 0. The fourth-order valence-corrected chi connectivity index (χ4v) is 9.06. The Kier molecular flexibility index (Phi) is 5.70. The maximum Gasteiger partial charge on any atom is 0 e. The predicted octanol–water partition coefficient (Wildman–Crippen LogP) is 5.16. The normalized spacial score (nSPS) is 14.7. The summed E-state index contributed by atoms with van der Waals surface area (Å²) in [6, 6.07) is 0. The van der Waals surface area contributed by atoms with E-state index in [0.29, 0.717) is 0 Å². The summed E-state index contributed by atoms with van der Waals surface area (Å²) in [4.78, 5) is 0. The minimum absolute atomic E-state index is 0. The molecule has 15 heavy (non-hydrogen) atoms. The van der Waals surface area contributed by atoms with E-state index in [0.717, 1.165) is 0 Å². The van der Waals surface area contributed by atoms with Crippen molar-refractivity contribution >= 4 is 7.05 Å². The fourth-order valence-electron chi connectivity index (χ4n) is 3.02. The van der Waals surface area contributed by atoms with Crippen LogP contribution in [-0.4, -0.2) is 15.5 Å². The van der Waals surface area contributed by atoms with Crippen LogP contribution in [0, 0.1) is 5.16 Å². The molecule has 0 saturated heterocycles. The third kappa shape index (κ3) is 3.21. The first-order chi connectivity index (χ1) is 5.75. The molecular weight excluding hydrogens is 237 g/mol. The molecule has 0 aliphatic rings. The Morgan fingerprint density at radius 1 is 0.600 bits per heavy atom. The second kappa shape index (κ2) is 4.67. The van der Waals surface area contributed by atoms with Crippen LogP contribution >= 0.6 is 7.05 Å². The van der Waals surface area contributed by atoms with E-state index in [2.05, 4.69) is 62.3 Å². The summed E-state index contributed by atoms with van der Waals surface area (Å²) in [5.41, 5.74) is 0. The van der Waals surface area contributed by atoms with Crippen molar-refractivity contribution in [2.45, 2.75) is 77.8 Å². The van der Waals surface area contributed by atoms with Crippen molar-refractivity contribution in [3.63, 3.8) is 0 Å². The Bertz CT molecular complexity index is 207. The minimum Gasteiger partial charge on any atom is -0.317 e. The molecule has 1 N–H and O–H groups in total. The van der Waals surface area contributed by atoms with E-state index in [1.165, 1.54) is 0 Å². The zero-order valence-electron chi connectivity index (χ0n) is 11.9. The van der Waals surface area contributed by atoms with Gasteiger partial charge in [0.15, 0.2) is 0 Å². The zero-order valence-corrected chi connectivity index (χ0v) is 14.4. The molecule has 0 fully saturated rings. The maximum absolute atomic E-state index is 8.99. The van der Waals surface area contributed by atoms with Gasteiger partial charge in [0.2, 0.25) is 0 Å². The Balaban J connectivity index is 0. The van der Waals surface area contributed by atoms with Crippen molar-refractivity contribution in [3.05, 3.63) is 0 Å². The summed E-state index contributed by atoms with van der Waals surface area (Å²) < 4.78 is 0. The van der Waals surface area contributed by atoms with Gasteiger partial charge in [-0.05, 0) is 22.5 Å². The molecule has 90 valence electrons. The van der Waals surface area contributed by atoms with Gasteiger partial charge in [0, 0.05) is 21.7 Å². The second-order valence-corrected chi connectivity index (χ2v) is 12.5. The van der Waals surface area contributed by atoms with Crippen LogP contribution in [0.3, 0.4) is 0 Å². The third-order valence-electron chi connectivity index (χ3n) is 3.02. The molecule has 0 bridgehead atoms. The van der Waals surface area contributed by atoms with Crippen LogP contribution in [0.25, 0.3) is 0 Å². The Morgan fingerprint density at radius 2 is 0.733 bits per heavy atom. The average molecular weight is 265 g/mol. The Labute approximate surface area is 112 Å². The van der Waals surface area contributed by atoms with Gasteiger partial charge in [0.05, 0.1) is 0 Å². The predicted molar refractivity (Wildman–Crippen MR) is 68.9 cm³/mol. The van der Waals surface area contributed by atoms with Crippen molar-refractivity contribution < 1.29 is 21.7 Å². The summed E-state index contributed by atoms with van der Waals surface area (Å²) in [6.45, 7) is 20.0. The summed E-state index contributed by atoms with van der Waals surface area (Å²) in [7, 11) is -1.77. The molecule has 3 heteroatoms. The van der Waals surface area contributed by atoms with Gasteiger partial charge in [0.1, 0.15) is 0 Å². The molecule has 0 aliphatic carbocycles. The van der Waals surface area contributed by atoms with Gasteiger partial charge < -0.3 is 5.16 Å². The molecule has 0 aromatic rings. The molecule has 0 radical (unpaired) electrons. The fraction of sp³-hybridized carbons (Fsp3) is 1.00. The molecule has 0 aromatic carbocycles. The van der Waals surface area contributed by atoms with Crippen LogP contribution in [0.1, 0.15) is 62.3 Å². The average Bonchev–Trinajstić information content (AvgIpc) is 1.77. The van der Waals surface area contributed by atoms with E-state index >= 15 is 0 Å². The number of nitrogens with one attached hydrogen (secondary N) is 1. The minimum atomic E-state index is -1.77. The van der Waals surface area contributed by atoms with E-state index in [1.807, 2.05) is 0 Å². The number of hydrogen-bond acceptors (Lipinski definition) is 1. The molecule has 0 atom stereocenters. The van der Waals surface area contributed by atoms with Crippen LogP contribution in [0.2, 0.25) is 0 Å². The maximum atomic E-state index is 8.99. The molecule has 0 unspecified atom stereocenters. The smallest absolute Gasteiger partial charge is 0 e. The quantitative estimate of drug-likeness (QED) is 0.462. The molecule has 0 saturated carbocycles. The van der Waals surface area contributed by atoms with E-state index < -0.39 is 7.05 Å². The topological polar surface area (TPSA) is 23.9 Å². The molecule has 0 amide bonds. The van der Waals surface area contributed by atoms with Crippen LogP contribution < -0.4 is 0 Å². The van der Waals surface area contributed by atoms with Crippen molar-refractivity contribution in [2.24, 2.45) is 0 Å². The first-order valence-electron chi connectivity index (χ1n) is 5.39. The summed E-state index contributed by atoms with van der Waals surface area (Å²) >= 11 is 0. The SMILES string of the molecule is CC(C)(C)P(=N)(C(C)(C)C)C(C)(C)C.[Ti]. The number of rotatable bonds is 0. The van der Waals surface area contributed by atoms with Gasteiger partial charge in [-0.2, -0.15) is 0 Å². The molecule has 0 rings (SSSR count). The van der Waals surface area contributed by atoms with Gasteiger partial charge in [-0.1, -0.05) is 62.3 Å². The zero-order chi connectivity index (χ0) is 12.0. The summed E-state index contributed by atoms with van der Waals surface area (Å²) in [5.74, 6) is 0. The van der Waals surface area contributed by atoms with Gasteiger partial charge in [-0.3, -0.25) is 0 Å².